The molecular weight excluding hydrogens is 260 g/mol. The van der Waals surface area contributed by atoms with Gasteiger partial charge in [0.1, 0.15) is 5.82 Å². The van der Waals surface area contributed by atoms with Gasteiger partial charge in [0.15, 0.2) is 0 Å². The van der Waals surface area contributed by atoms with Gasteiger partial charge in [0.25, 0.3) is 4.82 Å². The Morgan fingerprint density at radius 1 is 1.62 bits per heavy atom. The summed E-state index contributed by atoms with van der Waals surface area (Å²) in [6, 6.07) is 2.63. The third kappa shape index (κ3) is 2.67. The third-order valence-corrected chi connectivity index (χ3v) is 1.99. The Balaban J connectivity index is 3.08. The van der Waals surface area contributed by atoms with E-state index in [0.717, 1.165) is 0 Å². The predicted molar refractivity (Wildman–Crippen MR) is 54.1 cm³/mol. The van der Waals surface area contributed by atoms with E-state index in [-0.39, 0.29) is 5.69 Å². The topological polar surface area (TPSA) is 29.1 Å². The summed E-state index contributed by atoms with van der Waals surface area (Å²) in [6.45, 7) is 1.60. The van der Waals surface area contributed by atoms with Crippen molar-refractivity contribution in [3.8, 4) is 0 Å². The van der Waals surface area contributed by atoms with Crippen LogP contribution in [0.2, 0.25) is 5.02 Å². The summed E-state index contributed by atoms with van der Waals surface area (Å²) < 4.78 is 13.0. The quantitative estimate of drug-likeness (QED) is 0.609. The van der Waals surface area contributed by atoms with E-state index in [0.29, 0.717) is 10.6 Å². The summed E-state index contributed by atoms with van der Waals surface area (Å²) in [7, 11) is 0. The van der Waals surface area contributed by atoms with Gasteiger partial charge in [-0.1, -0.05) is 11.6 Å². The highest BCUT2D eigenvalue weighted by atomic mass is 79.9. The number of carbonyl (C=O) groups excluding carboxylic acids is 1. The zero-order valence-electron chi connectivity index (χ0n) is 6.70. The monoisotopic (exact) mass is 265 g/mol. The van der Waals surface area contributed by atoms with Crippen LogP contribution in [0.4, 0.5) is 14.9 Å². The van der Waals surface area contributed by atoms with Crippen molar-refractivity contribution in [1.82, 2.24) is 0 Å². The highest BCUT2D eigenvalue weighted by Crippen LogP contribution is 2.25. The summed E-state index contributed by atoms with van der Waals surface area (Å²) in [6.07, 6.45) is 0. The van der Waals surface area contributed by atoms with Gasteiger partial charge in [-0.05, 0) is 24.6 Å². The summed E-state index contributed by atoms with van der Waals surface area (Å²) in [5.74, 6) is -0.402. The number of hydrogen-bond acceptors (Lipinski definition) is 1. The SMILES string of the molecule is Cc1cc(Cl)c(NC(=O)Br)cc1F. The lowest BCUT2D eigenvalue weighted by Crippen LogP contribution is -2.02. The number of hydrogen-bond donors (Lipinski definition) is 1. The first-order valence-corrected chi connectivity index (χ1v) is 4.60. The Hall–Kier alpha value is -0.610. The fraction of sp³-hybridized carbons (Fsp3) is 0.125. The van der Waals surface area contributed by atoms with Gasteiger partial charge in [-0.15, -0.1) is 0 Å². The second-order valence-electron chi connectivity index (χ2n) is 2.48. The molecule has 1 amide bonds. The minimum absolute atomic E-state index is 0.256. The molecule has 0 spiro atoms. The number of carbonyl (C=O) groups is 1. The summed E-state index contributed by atoms with van der Waals surface area (Å²) in [5.41, 5.74) is 0.698. The Labute approximate surface area is 88.2 Å². The maximum Gasteiger partial charge on any atom is 0.291 e. The molecule has 0 aliphatic carbocycles. The number of anilines is 1. The molecule has 1 aromatic carbocycles. The van der Waals surface area contributed by atoms with Gasteiger partial charge in [-0.25, -0.2) is 4.39 Å². The molecule has 0 bridgehead atoms. The molecule has 0 unspecified atom stereocenters. The van der Waals surface area contributed by atoms with Crippen molar-refractivity contribution < 1.29 is 9.18 Å². The maximum atomic E-state index is 13.0. The average Bonchev–Trinajstić information content (AvgIpc) is 1.99. The maximum absolute atomic E-state index is 13.0. The van der Waals surface area contributed by atoms with Crippen LogP contribution in [-0.2, 0) is 0 Å². The van der Waals surface area contributed by atoms with E-state index in [2.05, 4.69) is 21.2 Å². The molecule has 0 aliphatic rings. The molecule has 5 heteroatoms. The molecule has 13 heavy (non-hydrogen) atoms. The molecule has 0 saturated heterocycles. The van der Waals surface area contributed by atoms with E-state index in [1.54, 1.807) is 6.92 Å². The van der Waals surface area contributed by atoms with Crippen molar-refractivity contribution in [2.45, 2.75) is 6.92 Å². The second kappa shape index (κ2) is 4.07. The van der Waals surface area contributed by atoms with E-state index < -0.39 is 10.6 Å². The van der Waals surface area contributed by atoms with Gasteiger partial charge in [-0.2, -0.15) is 0 Å². The molecule has 0 atom stereocenters. The van der Waals surface area contributed by atoms with Crippen LogP contribution in [-0.4, -0.2) is 4.82 Å². The van der Waals surface area contributed by atoms with Gasteiger partial charge < -0.3 is 5.32 Å². The average molecular weight is 266 g/mol. The molecule has 1 aromatic rings. The molecule has 2 nitrogen and oxygen atoms in total. The molecule has 0 aromatic heterocycles. The fourth-order valence-electron chi connectivity index (χ4n) is 0.848. The number of benzene rings is 1. The van der Waals surface area contributed by atoms with Crippen LogP contribution >= 0.6 is 27.5 Å². The summed E-state index contributed by atoms with van der Waals surface area (Å²) >= 11 is 8.40. The van der Waals surface area contributed by atoms with E-state index in [1.807, 2.05) is 0 Å². The largest absolute Gasteiger partial charge is 0.315 e. The van der Waals surface area contributed by atoms with Gasteiger partial charge in [-0.3, -0.25) is 4.79 Å². The first kappa shape index (κ1) is 10.5. The van der Waals surface area contributed by atoms with Crippen molar-refractivity contribution in [2.75, 3.05) is 5.32 Å². The standard InChI is InChI=1S/C8H6BrClFNO/c1-4-2-5(10)7(3-6(4)11)12-8(9)13/h2-3H,1H3,(H,12,13). The molecule has 1 rings (SSSR count). The van der Waals surface area contributed by atoms with Crippen molar-refractivity contribution in [3.05, 3.63) is 28.5 Å². The van der Waals surface area contributed by atoms with E-state index >= 15 is 0 Å². The molecule has 0 fully saturated rings. The van der Waals surface area contributed by atoms with Crippen molar-refractivity contribution in [2.24, 2.45) is 0 Å². The Morgan fingerprint density at radius 3 is 2.77 bits per heavy atom. The number of aryl methyl sites for hydroxylation is 1. The number of halogens is 3. The predicted octanol–water partition coefficient (Wildman–Crippen LogP) is 3.71. The third-order valence-electron chi connectivity index (χ3n) is 1.48. The van der Waals surface area contributed by atoms with Crippen molar-refractivity contribution in [1.29, 1.82) is 0 Å². The highest BCUT2D eigenvalue weighted by Gasteiger charge is 2.06. The van der Waals surface area contributed by atoms with Crippen LogP contribution in [0.3, 0.4) is 0 Å². The molecular formula is C8H6BrClFNO. The fourth-order valence-corrected chi connectivity index (χ4v) is 1.33. The van der Waals surface area contributed by atoms with E-state index in [4.69, 9.17) is 11.6 Å². The first-order valence-electron chi connectivity index (χ1n) is 3.43. The zero-order valence-corrected chi connectivity index (χ0v) is 9.04. The lowest BCUT2D eigenvalue weighted by atomic mass is 10.2. The lowest BCUT2D eigenvalue weighted by Gasteiger charge is -2.05. The minimum Gasteiger partial charge on any atom is -0.315 e. The second-order valence-corrected chi connectivity index (χ2v) is 3.61. The number of nitrogens with one attached hydrogen (secondary N) is 1. The van der Waals surface area contributed by atoms with Gasteiger partial charge in [0.05, 0.1) is 10.7 Å². The molecule has 1 N–H and O–H groups in total. The van der Waals surface area contributed by atoms with Crippen LogP contribution in [0, 0.1) is 12.7 Å². The van der Waals surface area contributed by atoms with Crippen LogP contribution < -0.4 is 5.32 Å². The smallest absolute Gasteiger partial charge is 0.291 e. The summed E-state index contributed by atoms with van der Waals surface area (Å²) in [5, 5.41) is 2.66. The highest BCUT2D eigenvalue weighted by molar-refractivity contribution is 9.18. The minimum atomic E-state index is -0.461. The zero-order chi connectivity index (χ0) is 10.0. The van der Waals surface area contributed by atoms with Gasteiger partial charge in [0, 0.05) is 15.9 Å². The Bertz CT molecular complexity index is 356. The normalized spacial score (nSPS) is 9.85. The number of rotatable bonds is 1. The molecule has 0 aliphatic heterocycles. The number of amides is 1. The molecule has 0 saturated carbocycles. The van der Waals surface area contributed by atoms with Gasteiger partial charge in [0.2, 0.25) is 0 Å². The van der Waals surface area contributed by atoms with Crippen molar-refractivity contribution in [3.63, 3.8) is 0 Å². The Kier molecular flexibility index (Phi) is 3.27. The van der Waals surface area contributed by atoms with Gasteiger partial charge >= 0.3 is 0 Å². The van der Waals surface area contributed by atoms with Crippen LogP contribution in [0.15, 0.2) is 12.1 Å². The molecule has 0 radical (unpaired) electrons. The summed E-state index contributed by atoms with van der Waals surface area (Å²) in [4.78, 5) is 10.1. The van der Waals surface area contributed by atoms with Crippen LogP contribution in [0.1, 0.15) is 5.56 Å². The first-order chi connectivity index (χ1) is 6.00. The lowest BCUT2D eigenvalue weighted by molar-refractivity contribution is 0.270. The van der Waals surface area contributed by atoms with Crippen LogP contribution in [0.5, 0.6) is 0 Å². The van der Waals surface area contributed by atoms with E-state index in [1.165, 1.54) is 12.1 Å². The van der Waals surface area contributed by atoms with Crippen molar-refractivity contribution >= 4 is 38.0 Å². The molecule has 0 heterocycles. The Morgan fingerprint density at radius 2 is 2.23 bits per heavy atom. The van der Waals surface area contributed by atoms with Crippen LogP contribution in [0.25, 0.3) is 0 Å². The molecule has 70 valence electrons. The van der Waals surface area contributed by atoms with E-state index in [9.17, 15) is 9.18 Å².